The molecule has 0 saturated carbocycles. The minimum atomic E-state index is -0.397. The Bertz CT molecular complexity index is 461. The fourth-order valence-corrected chi connectivity index (χ4v) is 3.87. The molecule has 0 amide bonds. The Labute approximate surface area is 147 Å². The Kier molecular flexibility index (Phi) is 7.83. The van der Waals surface area contributed by atoms with Crippen molar-refractivity contribution in [2.75, 3.05) is 39.5 Å². The maximum atomic E-state index is 10.1. The van der Waals surface area contributed by atoms with Gasteiger partial charge in [-0.25, -0.2) is 0 Å². The molecule has 0 unspecified atom stereocenters. The van der Waals surface area contributed by atoms with E-state index in [9.17, 15) is 5.11 Å². The van der Waals surface area contributed by atoms with Crippen LogP contribution in [0.25, 0.3) is 0 Å². The molecule has 2 rings (SSSR count). The number of aliphatic hydroxyl groups is 1. The van der Waals surface area contributed by atoms with E-state index in [1.807, 2.05) is 24.3 Å². The standard InChI is InChI=1S/C18H28BrNO3/c1-14-9-15(2)11-20(10-14)12-16(21)13-22-7-8-23-18-6-4-3-5-17(18)19/h3-6,14-16,21H,7-13H2,1-2H3/p+1/t14-,15-,16+/m1/s1. The molecule has 1 saturated heterocycles. The van der Waals surface area contributed by atoms with E-state index in [2.05, 4.69) is 29.8 Å². The van der Waals surface area contributed by atoms with Crippen LogP contribution in [0.1, 0.15) is 20.3 Å². The van der Waals surface area contributed by atoms with Crippen LogP contribution < -0.4 is 9.64 Å². The van der Waals surface area contributed by atoms with Gasteiger partial charge in [0.2, 0.25) is 0 Å². The number of quaternary nitrogens is 1. The monoisotopic (exact) mass is 386 g/mol. The highest BCUT2D eigenvalue weighted by Gasteiger charge is 2.26. The third-order valence-corrected chi connectivity index (χ3v) is 4.89. The lowest BCUT2D eigenvalue weighted by atomic mass is 9.92. The lowest BCUT2D eigenvalue weighted by molar-refractivity contribution is -0.915. The summed E-state index contributed by atoms with van der Waals surface area (Å²) in [4.78, 5) is 1.50. The van der Waals surface area contributed by atoms with Crippen molar-refractivity contribution in [3.63, 3.8) is 0 Å². The first-order chi connectivity index (χ1) is 11.0. The van der Waals surface area contributed by atoms with Crippen LogP contribution in [0.3, 0.4) is 0 Å². The predicted molar refractivity (Wildman–Crippen MR) is 95.0 cm³/mol. The average molecular weight is 387 g/mol. The van der Waals surface area contributed by atoms with Gasteiger partial charge in [-0.2, -0.15) is 0 Å². The van der Waals surface area contributed by atoms with Gasteiger partial charge in [-0.3, -0.25) is 0 Å². The van der Waals surface area contributed by atoms with E-state index in [4.69, 9.17) is 9.47 Å². The van der Waals surface area contributed by atoms with E-state index in [1.165, 1.54) is 11.3 Å². The van der Waals surface area contributed by atoms with Gasteiger partial charge in [-0.1, -0.05) is 26.0 Å². The zero-order valence-corrected chi connectivity index (χ0v) is 15.7. The maximum absolute atomic E-state index is 10.1. The van der Waals surface area contributed by atoms with Crippen molar-refractivity contribution in [2.24, 2.45) is 11.8 Å². The van der Waals surface area contributed by atoms with Crippen molar-refractivity contribution >= 4 is 15.9 Å². The van der Waals surface area contributed by atoms with Gasteiger partial charge in [0.1, 0.15) is 25.0 Å². The number of hydrogen-bond donors (Lipinski definition) is 2. The third-order valence-electron chi connectivity index (χ3n) is 4.24. The molecule has 3 atom stereocenters. The number of likely N-dealkylation sites (tertiary alicyclic amines) is 1. The van der Waals surface area contributed by atoms with Crippen LogP contribution in [0.5, 0.6) is 5.75 Å². The summed E-state index contributed by atoms with van der Waals surface area (Å²) in [5.74, 6) is 2.32. The topological polar surface area (TPSA) is 43.1 Å². The molecule has 0 aromatic heterocycles. The van der Waals surface area contributed by atoms with Gasteiger partial charge < -0.3 is 19.5 Å². The van der Waals surface area contributed by atoms with Crippen LogP contribution in [0.15, 0.2) is 28.7 Å². The van der Waals surface area contributed by atoms with E-state index in [-0.39, 0.29) is 0 Å². The van der Waals surface area contributed by atoms with E-state index in [0.717, 1.165) is 41.7 Å². The molecular formula is C18H29BrNO3+. The molecule has 1 aromatic rings. The first-order valence-electron chi connectivity index (χ1n) is 8.51. The summed E-state index contributed by atoms with van der Waals surface area (Å²) in [7, 11) is 0. The number of para-hydroxylation sites is 1. The molecule has 1 aromatic carbocycles. The molecule has 2 N–H and O–H groups in total. The summed E-state index contributed by atoms with van der Waals surface area (Å²) >= 11 is 3.44. The molecule has 23 heavy (non-hydrogen) atoms. The zero-order chi connectivity index (χ0) is 16.7. The molecule has 130 valence electrons. The van der Waals surface area contributed by atoms with Crippen molar-refractivity contribution < 1.29 is 19.5 Å². The van der Waals surface area contributed by atoms with Crippen LogP contribution >= 0.6 is 15.9 Å². The van der Waals surface area contributed by atoms with Gasteiger partial charge in [0, 0.05) is 11.8 Å². The first kappa shape index (κ1) is 18.7. The molecule has 1 fully saturated rings. The van der Waals surface area contributed by atoms with Gasteiger partial charge in [0.15, 0.2) is 0 Å². The fourth-order valence-electron chi connectivity index (χ4n) is 3.47. The smallest absolute Gasteiger partial charge is 0.133 e. The van der Waals surface area contributed by atoms with Crippen molar-refractivity contribution in [1.82, 2.24) is 0 Å². The number of benzene rings is 1. The second-order valence-corrected chi connectivity index (χ2v) is 7.67. The van der Waals surface area contributed by atoms with Crippen LogP contribution in [-0.2, 0) is 4.74 Å². The summed E-state index contributed by atoms with van der Waals surface area (Å²) in [6, 6.07) is 7.76. The zero-order valence-electron chi connectivity index (χ0n) is 14.1. The molecule has 0 radical (unpaired) electrons. The second-order valence-electron chi connectivity index (χ2n) is 6.82. The van der Waals surface area contributed by atoms with Gasteiger partial charge in [0.05, 0.1) is 30.8 Å². The summed E-state index contributed by atoms with van der Waals surface area (Å²) in [5.41, 5.74) is 0. The Morgan fingerprint density at radius 1 is 1.22 bits per heavy atom. The Morgan fingerprint density at radius 2 is 1.91 bits per heavy atom. The lowest BCUT2D eigenvalue weighted by Crippen LogP contribution is -3.15. The molecule has 1 aliphatic rings. The number of ether oxygens (including phenoxy) is 2. The lowest BCUT2D eigenvalue weighted by Gasteiger charge is -2.33. The summed E-state index contributed by atoms with van der Waals surface area (Å²) < 4.78 is 12.1. The molecule has 5 heteroatoms. The first-order valence-corrected chi connectivity index (χ1v) is 9.30. The van der Waals surface area contributed by atoms with Crippen LogP contribution in [0.2, 0.25) is 0 Å². The van der Waals surface area contributed by atoms with E-state index >= 15 is 0 Å². The molecule has 1 heterocycles. The Hall–Kier alpha value is -0.620. The molecule has 0 bridgehead atoms. The van der Waals surface area contributed by atoms with Crippen LogP contribution in [0, 0.1) is 11.8 Å². The summed E-state index contributed by atoms with van der Waals surface area (Å²) in [6.07, 6.45) is 0.911. The van der Waals surface area contributed by atoms with E-state index in [1.54, 1.807) is 0 Å². The van der Waals surface area contributed by atoms with Crippen molar-refractivity contribution in [3.05, 3.63) is 28.7 Å². The molecule has 0 spiro atoms. The fraction of sp³-hybridized carbons (Fsp3) is 0.667. The number of piperidine rings is 1. The molecule has 0 aliphatic carbocycles. The SMILES string of the molecule is C[C@@H]1C[C@@H](C)C[NH+](C[C@H](O)COCCOc2ccccc2Br)C1. The van der Waals surface area contributed by atoms with Gasteiger partial charge >= 0.3 is 0 Å². The highest BCUT2D eigenvalue weighted by Crippen LogP contribution is 2.23. The number of aliphatic hydroxyl groups excluding tert-OH is 1. The van der Waals surface area contributed by atoms with Crippen molar-refractivity contribution in [3.8, 4) is 5.75 Å². The molecule has 4 nitrogen and oxygen atoms in total. The van der Waals surface area contributed by atoms with Crippen LogP contribution in [0.4, 0.5) is 0 Å². The number of hydrogen-bond acceptors (Lipinski definition) is 3. The number of rotatable bonds is 8. The predicted octanol–water partition coefficient (Wildman–Crippen LogP) is 1.77. The number of halogens is 1. The van der Waals surface area contributed by atoms with E-state index in [0.29, 0.717) is 19.8 Å². The normalized spacial score (nSPS) is 26.0. The van der Waals surface area contributed by atoms with Crippen molar-refractivity contribution in [2.45, 2.75) is 26.4 Å². The highest BCUT2D eigenvalue weighted by atomic mass is 79.9. The number of nitrogens with one attached hydrogen (secondary N) is 1. The average Bonchev–Trinajstić information content (AvgIpc) is 2.47. The van der Waals surface area contributed by atoms with Gasteiger partial charge in [-0.15, -0.1) is 0 Å². The summed E-state index contributed by atoms with van der Waals surface area (Å²) in [5, 5.41) is 10.1. The Balaban J connectivity index is 1.58. The largest absolute Gasteiger partial charge is 0.490 e. The Morgan fingerprint density at radius 3 is 2.61 bits per heavy atom. The summed E-state index contributed by atoms with van der Waals surface area (Å²) in [6.45, 7) is 9.06. The molecule has 1 aliphatic heterocycles. The van der Waals surface area contributed by atoms with Gasteiger partial charge in [-0.05, 0) is 34.5 Å². The highest BCUT2D eigenvalue weighted by molar-refractivity contribution is 9.10. The van der Waals surface area contributed by atoms with Gasteiger partial charge in [0.25, 0.3) is 0 Å². The quantitative estimate of drug-likeness (QED) is 0.669. The van der Waals surface area contributed by atoms with Crippen LogP contribution in [-0.4, -0.2) is 50.7 Å². The second kappa shape index (κ2) is 9.62. The maximum Gasteiger partial charge on any atom is 0.133 e. The minimum Gasteiger partial charge on any atom is -0.490 e. The molecular weight excluding hydrogens is 358 g/mol. The van der Waals surface area contributed by atoms with E-state index < -0.39 is 6.10 Å². The van der Waals surface area contributed by atoms with Crippen molar-refractivity contribution in [1.29, 1.82) is 0 Å². The minimum absolute atomic E-state index is 0.381. The third kappa shape index (κ3) is 6.79.